The molecule has 2 saturated heterocycles. The molecule has 1 unspecified atom stereocenters. The molecule has 1 heteroatoms. The molecule has 3 atom stereocenters. The predicted octanol–water partition coefficient (Wildman–Crippen LogP) is 3.44. The first-order valence-corrected chi connectivity index (χ1v) is 7.18. The SMILES string of the molecule is CC(C)(C)CC12C[C@@H]3C[C@@H]3N1CC1(CC1)C2. The average molecular weight is 219 g/mol. The highest BCUT2D eigenvalue weighted by atomic mass is 15.3. The number of nitrogens with zero attached hydrogens (tertiary/aromatic N) is 1. The summed E-state index contributed by atoms with van der Waals surface area (Å²) < 4.78 is 0. The maximum absolute atomic E-state index is 2.97. The van der Waals surface area contributed by atoms with Gasteiger partial charge in [-0.1, -0.05) is 20.8 Å². The molecule has 0 aromatic carbocycles. The summed E-state index contributed by atoms with van der Waals surface area (Å²) in [5, 5.41) is 0. The molecule has 2 saturated carbocycles. The van der Waals surface area contributed by atoms with Gasteiger partial charge in [-0.25, -0.2) is 0 Å². The Bertz CT molecular complexity index is 336. The van der Waals surface area contributed by atoms with Gasteiger partial charge in [-0.2, -0.15) is 0 Å². The van der Waals surface area contributed by atoms with E-state index < -0.39 is 0 Å². The smallest absolute Gasteiger partial charge is 0.0226 e. The van der Waals surface area contributed by atoms with E-state index in [-0.39, 0.29) is 0 Å². The van der Waals surface area contributed by atoms with E-state index in [0.29, 0.717) is 11.0 Å². The molecule has 1 spiro atoms. The fourth-order valence-electron chi connectivity index (χ4n) is 5.10. The first kappa shape index (κ1) is 9.94. The largest absolute Gasteiger partial charge is 0.294 e. The van der Waals surface area contributed by atoms with Gasteiger partial charge in [0.05, 0.1) is 0 Å². The Morgan fingerprint density at radius 3 is 2.62 bits per heavy atom. The van der Waals surface area contributed by atoms with Crippen LogP contribution in [0.2, 0.25) is 0 Å². The number of fused-ring (bicyclic) bond motifs is 3. The minimum absolute atomic E-state index is 0.509. The van der Waals surface area contributed by atoms with E-state index in [4.69, 9.17) is 0 Å². The maximum atomic E-state index is 2.97. The van der Waals surface area contributed by atoms with Crippen molar-refractivity contribution in [2.45, 2.75) is 70.9 Å². The van der Waals surface area contributed by atoms with Crippen molar-refractivity contribution in [3.05, 3.63) is 0 Å². The quantitative estimate of drug-likeness (QED) is 0.653. The summed E-state index contributed by atoms with van der Waals surface area (Å²) in [6, 6.07) is 1.02. The maximum Gasteiger partial charge on any atom is 0.0226 e. The summed E-state index contributed by atoms with van der Waals surface area (Å²) in [5.41, 5.74) is 1.95. The topological polar surface area (TPSA) is 3.24 Å². The van der Waals surface area contributed by atoms with Gasteiger partial charge in [-0.15, -0.1) is 0 Å². The zero-order valence-electron chi connectivity index (χ0n) is 11.1. The van der Waals surface area contributed by atoms with Crippen LogP contribution >= 0.6 is 0 Å². The summed E-state index contributed by atoms with van der Waals surface area (Å²) in [6.07, 6.45) is 9.12. The lowest BCUT2D eigenvalue weighted by Gasteiger charge is -2.39. The van der Waals surface area contributed by atoms with Crippen LogP contribution < -0.4 is 0 Å². The van der Waals surface area contributed by atoms with Gasteiger partial charge in [-0.3, -0.25) is 4.90 Å². The van der Waals surface area contributed by atoms with E-state index in [1.807, 2.05) is 0 Å². The molecule has 4 fully saturated rings. The van der Waals surface area contributed by atoms with Crippen LogP contribution in [0.3, 0.4) is 0 Å². The van der Waals surface area contributed by atoms with Crippen LogP contribution in [-0.2, 0) is 0 Å². The van der Waals surface area contributed by atoms with Crippen molar-refractivity contribution >= 4 is 0 Å². The van der Waals surface area contributed by atoms with E-state index in [9.17, 15) is 0 Å². The van der Waals surface area contributed by atoms with Gasteiger partial charge in [0.25, 0.3) is 0 Å². The second-order valence-electron chi connectivity index (χ2n) is 8.53. The molecule has 2 aliphatic carbocycles. The average Bonchev–Trinajstić information content (AvgIpc) is 2.92. The molecule has 1 nitrogen and oxygen atoms in total. The van der Waals surface area contributed by atoms with Gasteiger partial charge in [0.15, 0.2) is 0 Å². The van der Waals surface area contributed by atoms with Gasteiger partial charge in [0.1, 0.15) is 0 Å². The van der Waals surface area contributed by atoms with E-state index in [1.165, 1.54) is 38.6 Å². The van der Waals surface area contributed by atoms with E-state index in [2.05, 4.69) is 25.7 Å². The van der Waals surface area contributed by atoms with Gasteiger partial charge >= 0.3 is 0 Å². The third-order valence-electron chi connectivity index (χ3n) is 5.56. The monoisotopic (exact) mass is 219 g/mol. The van der Waals surface area contributed by atoms with Crippen molar-refractivity contribution in [2.75, 3.05) is 6.54 Å². The van der Waals surface area contributed by atoms with Gasteiger partial charge in [-0.05, 0) is 55.3 Å². The number of piperidine rings is 1. The Labute approximate surface area is 99.6 Å². The van der Waals surface area contributed by atoms with Crippen molar-refractivity contribution in [2.24, 2.45) is 16.7 Å². The van der Waals surface area contributed by atoms with Crippen LogP contribution in [0, 0.1) is 16.7 Å². The first-order chi connectivity index (χ1) is 7.42. The van der Waals surface area contributed by atoms with Crippen LogP contribution in [0.1, 0.15) is 59.3 Å². The van der Waals surface area contributed by atoms with E-state index >= 15 is 0 Å². The van der Waals surface area contributed by atoms with Crippen molar-refractivity contribution in [1.29, 1.82) is 0 Å². The molecule has 4 aliphatic rings. The highest BCUT2D eigenvalue weighted by Gasteiger charge is 2.68. The molecule has 4 rings (SSSR count). The second kappa shape index (κ2) is 2.53. The van der Waals surface area contributed by atoms with Gasteiger partial charge in [0, 0.05) is 18.1 Å². The standard InChI is InChI=1S/C15H25N/c1-13(2,3)8-15-7-11-6-12(11)16(15)10-14(9-15)4-5-14/h11-12H,4-10H2,1-3H3/t11-,12-,15?/m0/s1. The Kier molecular flexibility index (Phi) is 1.57. The molecule has 16 heavy (non-hydrogen) atoms. The van der Waals surface area contributed by atoms with Crippen LogP contribution in [0.25, 0.3) is 0 Å². The molecule has 0 bridgehead atoms. The molecule has 2 aliphatic heterocycles. The van der Waals surface area contributed by atoms with Crippen molar-refractivity contribution in [1.82, 2.24) is 4.90 Å². The first-order valence-electron chi connectivity index (χ1n) is 7.18. The third-order valence-corrected chi connectivity index (χ3v) is 5.56. The Morgan fingerprint density at radius 2 is 2.00 bits per heavy atom. The lowest BCUT2D eigenvalue weighted by molar-refractivity contribution is 0.105. The van der Waals surface area contributed by atoms with Crippen molar-refractivity contribution in [3.63, 3.8) is 0 Å². The molecule has 2 heterocycles. The highest BCUT2D eigenvalue weighted by molar-refractivity contribution is 5.22. The lowest BCUT2D eigenvalue weighted by atomic mass is 9.75. The van der Waals surface area contributed by atoms with Crippen LogP contribution in [0.5, 0.6) is 0 Å². The van der Waals surface area contributed by atoms with Gasteiger partial charge in [0.2, 0.25) is 0 Å². The molecular formula is C15H25N. The fourth-order valence-corrected chi connectivity index (χ4v) is 5.10. The molecule has 0 radical (unpaired) electrons. The summed E-state index contributed by atoms with van der Waals surface area (Å²) in [7, 11) is 0. The summed E-state index contributed by atoms with van der Waals surface area (Å²) in [6.45, 7) is 8.76. The number of hydrogen-bond acceptors (Lipinski definition) is 1. The molecule has 0 aromatic rings. The number of rotatable bonds is 1. The molecule has 0 aromatic heterocycles. The van der Waals surface area contributed by atoms with Gasteiger partial charge < -0.3 is 0 Å². The Balaban J connectivity index is 1.64. The molecule has 90 valence electrons. The lowest BCUT2D eigenvalue weighted by Crippen LogP contribution is -2.43. The van der Waals surface area contributed by atoms with Crippen LogP contribution in [-0.4, -0.2) is 23.0 Å². The van der Waals surface area contributed by atoms with Crippen molar-refractivity contribution < 1.29 is 0 Å². The summed E-state index contributed by atoms with van der Waals surface area (Å²) in [5.74, 6) is 1.10. The number of hydrogen-bond donors (Lipinski definition) is 0. The highest BCUT2D eigenvalue weighted by Crippen LogP contribution is 2.68. The summed E-state index contributed by atoms with van der Waals surface area (Å²) in [4.78, 5) is 2.97. The molecular weight excluding hydrogens is 194 g/mol. The normalized spacial score (nSPS) is 48.2. The zero-order chi connectivity index (χ0) is 11.2. The Morgan fingerprint density at radius 1 is 1.25 bits per heavy atom. The minimum atomic E-state index is 0.509. The fraction of sp³-hybridized carbons (Fsp3) is 1.00. The second-order valence-corrected chi connectivity index (χ2v) is 8.53. The molecule has 0 N–H and O–H groups in total. The predicted molar refractivity (Wildman–Crippen MR) is 66.3 cm³/mol. The summed E-state index contributed by atoms with van der Waals surface area (Å²) >= 11 is 0. The Hall–Kier alpha value is -0.0400. The van der Waals surface area contributed by atoms with Crippen molar-refractivity contribution in [3.8, 4) is 0 Å². The zero-order valence-corrected chi connectivity index (χ0v) is 11.1. The minimum Gasteiger partial charge on any atom is -0.294 e. The molecule has 0 amide bonds. The van der Waals surface area contributed by atoms with E-state index in [0.717, 1.165) is 17.4 Å². The van der Waals surface area contributed by atoms with E-state index in [1.54, 1.807) is 6.42 Å². The van der Waals surface area contributed by atoms with Crippen LogP contribution in [0.15, 0.2) is 0 Å². The third kappa shape index (κ3) is 1.27. The van der Waals surface area contributed by atoms with Crippen LogP contribution in [0.4, 0.5) is 0 Å².